The van der Waals surface area contributed by atoms with Gasteiger partial charge in [0.2, 0.25) is 0 Å². The topological polar surface area (TPSA) is 6.48 Å². The van der Waals surface area contributed by atoms with E-state index in [-0.39, 0.29) is 19.5 Å². The fourth-order valence-electron chi connectivity index (χ4n) is 7.23. The first-order chi connectivity index (χ1) is 26.2. The Labute approximate surface area is 386 Å². The number of benzene rings is 2. The second-order valence-corrected chi connectivity index (χ2v) is 18.0. The summed E-state index contributed by atoms with van der Waals surface area (Å²) in [7, 11) is 0. The molecule has 0 spiro atoms. The van der Waals surface area contributed by atoms with E-state index in [4.69, 9.17) is 50.1 Å². The molecule has 0 saturated heterocycles. The summed E-state index contributed by atoms with van der Waals surface area (Å²) in [6.07, 6.45) is 36.2. The Bertz CT molecular complexity index is 1160. The molecule has 2 aromatic rings. The Morgan fingerprint density at radius 1 is 0.436 bits per heavy atom. The molecule has 55 heavy (non-hydrogen) atoms. The van der Waals surface area contributed by atoms with Crippen molar-refractivity contribution in [2.24, 2.45) is 0 Å². The van der Waals surface area contributed by atoms with Crippen LogP contribution in [0.4, 0.5) is 11.4 Å². The molecule has 0 aliphatic carbocycles. The van der Waals surface area contributed by atoms with Gasteiger partial charge in [0, 0.05) is 11.4 Å². The van der Waals surface area contributed by atoms with Gasteiger partial charge in [-0.2, -0.15) is 0 Å². The smallest absolute Gasteiger partial charge is 0.659 e. The van der Waals surface area contributed by atoms with Crippen molar-refractivity contribution in [1.82, 2.24) is 0 Å². The maximum Gasteiger partial charge on any atom is 2.00 e. The molecular weight excluding hydrogens is 838 g/mol. The average molecular weight is 915 g/mol. The minimum atomic E-state index is 0. The van der Waals surface area contributed by atoms with Crippen LogP contribution >= 0.6 is 49.7 Å². The molecule has 0 fully saturated rings. The van der Waals surface area contributed by atoms with Gasteiger partial charge in [-0.1, -0.05) is 205 Å². The first-order valence-electron chi connectivity index (χ1n) is 21.8. The predicted octanol–water partition coefficient (Wildman–Crippen LogP) is 15.9. The number of hydrogen-bond donors (Lipinski definition) is 2. The van der Waals surface area contributed by atoms with Crippen LogP contribution < -0.4 is 8.61 Å². The predicted molar refractivity (Wildman–Crippen MR) is 264 cm³/mol. The summed E-state index contributed by atoms with van der Waals surface area (Å²) in [6.45, 7) is 9.07. The summed E-state index contributed by atoms with van der Waals surface area (Å²) in [5, 5.41) is 0. The van der Waals surface area contributed by atoms with Crippen LogP contribution in [0, 0.1) is 0 Å². The van der Waals surface area contributed by atoms with E-state index in [0.29, 0.717) is 8.64 Å². The molecule has 0 amide bonds. The molecule has 0 atom stereocenters. The van der Waals surface area contributed by atoms with Gasteiger partial charge < -0.3 is 34.2 Å². The number of nitrogens with zero attached hydrogens (tertiary/aromatic N) is 2. The molecule has 0 saturated carbocycles. The maximum atomic E-state index is 5.51. The van der Waals surface area contributed by atoms with E-state index in [2.05, 4.69) is 89.4 Å². The molecule has 0 radical (unpaired) electrons. The van der Waals surface area contributed by atoms with E-state index in [9.17, 15) is 0 Å². The molecule has 0 aliphatic heterocycles. The largest absolute Gasteiger partial charge is 2.00 e. The average Bonchev–Trinajstić information content (AvgIpc) is 3.17. The minimum Gasteiger partial charge on any atom is -0.659 e. The van der Waals surface area contributed by atoms with E-state index in [1.165, 1.54) is 176 Å². The molecule has 2 aromatic carbocycles. The monoisotopic (exact) mass is 912 g/mol. The van der Waals surface area contributed by atoms with E-state index >= 15 is 0 Å². The maximum absolute atomic E-state index is 5.51. The Balaban J connectivity index is 0.00000104. The van der Waals surface area contributed by atoms with Crippen LogP contribution in [0.15, 0.2) is 36.4 Å². The molecule has 0 bridgehead atoms. The summed E-state index contributed by atoms with van der Waals surface area (Å²) in [5.41, 5.74) is 7.84. The van der Waals surface area contributed by atoms with Crippen LogP contribution in [0.1, 0.15) is 204 Å². The normalized spacial score (nSPS) is 10.8. The first-order valence-corrected chi connectivity index (χ1v) is 24.3. The Hall–Kier alpha value is 0.243. The summed E-state index contributed by atoms with van der Waals surface area (Å²) < 4.78 is 4.22. The fraction of sp³-hybridized carbons (Fsp3) is 0.696. The molecule has 0 aliphatic rings. The van der Waals surface area contributed by atoms with E-state index < -0.39 is 0 Å². The van der Waals surface area contributed by atoms with E-state index in [0.717, 1.165) is 37.1 Å². The molecule has 0 aromatic heterocycles. The van der Waals surface area contributed by atoms with E-state index in [1.54, 1.807) is 8.61 Å². The fourth-order valence-corrected chi connectivity index (χ4v) is 7.98. The standard InChI is InChI=1S/2C23H38NS3.Zn/c2*1-3-5-7-9-11-13-16-20-17-15-19-22(24(27)23(25)26)21(20)18-14-12-10-8-6-4-2;/h2*15,17,19H,3-14,16,18H2,1-2H3,(H,25,26);/q2*-1;+2. The second kappa shape index (κ2) is 37.3. The third-order valence-corrected chi connectivity index (χ3v) is 12.5. The zero-order chi connectivity index (χ0) is 39.8. The summed E-state index contributed by atoms with van der Waals surface area (Å²) in [4.78, 5) is 0. The van der Waals surface area contributed by atoms with E-state index in [1.807, 2.05) is 0 Å². The van der Waals surface area contributed by atoms with Gasteiger partial charge in [-0.15, -0.1) is 25.3 Å². The molecule has 0 unspecified atom stereocenters. The van der Waals surface area contributed by atoms with Gasteiger partial charge >= 0.3 is 19.5 Å². The number of thiocarbonyl (C=S) groups is 2. The molecule has 2 rings (SSSR count). The van der Waals surface area contributed by atoms with Gasteiger partial charge in [-0.05, 0) is 85.8 Å². The van der Waals surface area contributed by atoms with Crippen molar-refractivity contribution < 1.29 is 19.5 Å². The van der Waals surface area contributed by atoms with Crippen molar-refractivity contribution in [3.05, 3.63) is 58.7 Å². The minimum absolute atomic E-state index is 0. The van der Waals surface area contributed by atoms with Crippen molar-refractivity contribution in [3.8, 4) is 0 Å². The Morgan fingerprint density at radius 3 is 0.964 bits per heavy atom. The quantitative estimate of drug-likeness (QED) is 0.0263. The Kier molecular flexibility index (Phi) is 37.4. The molecule has 0 heterocycles. The zero-order valence-electron chi connectivity index (χ0n) is 35.4. The number of rotatable bonds is 30. The van der Waals surface area contributed by atoms with Gasteiger partial charge in [0.15, 0.2) is 0 Å². The van der Waals surface area contributed by atoms with Crippen molar-refractivity contribution in [1.29, 1.82) is 0 Å². The summed E-state index contributed by atoms with van der Waals surface area (Å²) in [5.74, 6) is 0. The van der Waals surface area contributed by atoms with Gasteiger partial charge in [0.05, 0.1) is 0 Å². The van der Waals surface area contributed by atoms with Crippen LogP contribution in [0.5, 0.6) is 0 Å². The van der Waals surface area contributed by atoms with Crippen LogP contribution in [0.3, 0.4) is 0 Å². The molecule has 9 heteroatoms. The van der Waals surface area contributed by atoms with Crippen LogP contribution in [0.2, 0.25) is 0 Å². The van der Waals surface area contributed by atoms with Crippen molar-refractivity contribution in [2.45, 2.75) is 207 Å². The Morgan fingerprint density at radius 2 is 0.691 bits per heavy atom. The van der Waals surface area contributed by atoms with Crippen molar-refractivity contribution in [2.75, 3.05) is 8.61 Å². The summed E-state index contributed by atoms with van der Waals surface area (Å²) >= 11 is 30.1. The molecular formula is C46H76N2S6Zn. The molecule has 308 valence electrons. The van der Waals surface area contributed by atoms with Crippen LogP contribution in [-0.2, 0) is 70.8 Å². The first kappa shape index (κ1) is 55.2. The second-order valence-electron chi connectivity index (χ2n) is 15.1. The van der Waals surface area contributed by atoms with Crippen molar-refractivity contribution in [3.63, 3.8) is 0 Å². The van der Waals surface area contributed by atoms with Crippen LogP contribution in [-0.4, -0.2) is 8.64 Å². The number of thiol groups is 2. The van der Waals surface area contributed by atoms with Crippen LogP contribution in [0.25, 0.3) is 0 Å². The third kappa shape index (κ3) is 25.5. The summed E-state index contributed by atoms with van der Waals surface area (Å²) in [6, 6.07) is 13.0. The van der Waals surface area contributed by atoms with Gasteiger partial charge in [0.25, 0.3) is 0 Å². The van der Waals surface area contributed by atoms with Gasteiger partial charge in [0.1, 0.15) is 8.64 Å². The van der Waals surface area contributed by atoms with Crippen molar-refractivity contribution >= 4 is 95.3 Å². The van der Waals surface area contributed by atoms with Gasteiger partial charge in [-0.25, -0.2) is 0 Å². The third-order valence-electron chi connectivity index (χ3n) is 10.4. The number of anilines is 2. The SMILES string of the molecule is CCCCCCCCc1cccc(N([S-])C(=S)S)c1CCCCCCCC.CCCCCCCCc1cccc(N([S-])C(=S)S)c1CCCCCCCC.[Zn+2]. The zero-order valence-corrected chi connectivity index (χ0v) is 43.4. The number of hydrogen-bond acceptors (Lipinski definition) is 4. The molecule has 0 N–H and O–H groups in total. The molecule has 2 nitrogen and oxygen atoms in total. The van der Waals surface area contributed by atoms with Gasteiger partial charge in [-0.3, -0.25) is 0 Å². The number of aryl methyl sites for hydroxylation is 2. The number of unbranched alkanes of at least 4 members (excludes halogenated alkanes) is 20.